The number of aromatic nitrogens is 2. The summed E-state index contributed by atoms with van der Waals surface area (Å²) in [6, 6.07) is 1.89. The molecule has 0 amide bonds. The van der Waals surface area contributed by atoms with Crippen molar-refractivity contribution in [2.75, 3.05) is 4.72 Å². The lowest BCUT2D eigenvalue weighted by molar-refractivity contribution is 0.599. The van der Waals surface area contributed by atoms with Crippen molar-refractivity contribution < 1.29 is 8.42 Å². The number of sulfonamides is 1. The molecule has 1 aromatic rings. The minimum absolute atomic E-state index is 0.238. The summed E-state index contributed by atoms with van der Waals surface area (Å²) in [5.41, 5.74) is 0.238. The van der Waals surface area contributed by atoms with Crippen molar-refractivity contribution in [3.63, 3.8) is 0 Å². The molecule has 0 bridgehead atoms. The molecule has 1 N–H and O–H groups in total. The Balaban J connectivity index is 2.31. The van der Waals surface area contributed by atoms with Gasteiger partial charge in [0.05, 0.1) is 11.4 Å². The maximum atomic E-state index is 11.6. The second kappa shape index (κ2) is 3.24. The molecule has 80 valence electrons. The first kappa shape index (κ1) is 9.98. The maximum absolute atomic E-state index is 11.6. The zero-order valence-electron chi connectivity index (χ0n) is 8.14. The number of aryl methyl sites for hydroxylation is 1. The smallest absolute Gasteiger partial charge is 0.236 e. The highest BCUT2D eigenvalue weighted by molar-refractivity contribution is 7.93. The number of hydrogen-bond acceptors (Lipinski definition) is 4. The van der Waals surface area contributed by atoms with Gasteiger partial charge in [0.1, 0.15) is 11.6 Å². The molecule has 1 heterocycles. The Morgan fingerprint density at radius 1 is 1.67 bits per heavy atom. The van der Waals surface area contributed by atoms with Crippen LogP contribution in [0.1, 0.15) is 18.4 Å². The number of anilines is 1. The number of nitrogens with zero attached hydrogens (tertiary/aromatic N) is 3. The first-order valence-electron chi connectivity index (χ1n) is 4.48. The van der Waals surface area contributed by atoms with Crippen molar-refractivity contribution >= 4 is 15.8 Å². The Bertz CT molecular complexity index is 521. The molecule has 15 heavy (non-hydrogen) atoms. The maximum Gasteiger partial charge on any atom is 0.236 e. The minimum Gasteiger partial charge on any atom is -0.266 e. The largest absolute Gasteiger partial charge is 0.266 e. The highest BCUT2D eigenvalue weighted by Crippen LogP contribution is 2.30. The van der Waals surface area contributed by atoms with E-state index in [1.807, 2.05) is 6.07 Å². The van der Waals surface area contributed by atoms with Crippen molar-refractivity contribution in [1.29, 1.82) is 5.26 Å². The molecule has 0 spiro atoms. The van der Waals surface area contributed by atoms with E-state index >= 15 is 0 Å². The van der Waals surface area contributed by atoms with Gasteiger partial charge in [0.15, 0.2) is 5.82 Å². The average molecular weight is 226 g/mol. The first-order valence-corrected chi connectivity index (χ1v) is 6.03. The Kier molecular flexibility index (Phi) is 2.16. The minimum atomic E-state index is -3.33. The summed E-state index contributed by atoms with van der Waals surface area (Å²) in [7, 11) is -1.74. The van der Waals surface area contributed by atoms with Gasteiger partial charge in [0.2, 0.25) is 10.0 Å². The summed E-state index contributed by atoms with van der Waals surface area (Å²) in [6.45, 7) is 0. The van der Waals surface area contributed by atoms with Crippen molar-refractivity contribution in [3.8, 4) is 6.07 Å². The van der Waals surface area contributed by atoms with Crippen LogP contribution in [0.4, 0.5) is 5.82 Å². The standard InChI is InChI=1S/C8H10N4O2S/c1-12-8(6(4-9)5-10-12)11-15(13,14)7-2-3-7/h5,7,11H,2-3H2,1H3. The predicted octanol–water partition coefficient (Wildman–Crippen LogP) is 0.196. The van der Waals surface area contributed by atoms with Gasteiger partial charge in [0, 0.05) is 7.05 Å². The van der Waals surface area contributed by atoms with Crippen LogP contribution >= 0.6 is 0 Å². The lowest BCUT2D eigenvalue weighted by Crippen LogP contribution is -2.19. The molecule has 1 aliphatic carbocycles. The SMILES string of the molecule is Cn1ncc(C#N)c1NS(=O)(=O)C1CC1. The van der Waals surface area contributed by atoms with Crippen LogP contribution in [0.2, 0.25) is 0 Å². The second-order valence-corrected chi connectivity index (χ2v) is 5.45. The summed E-state index contributed by atoms with van der Waals surface area (Å²) < 4.78 is 27.0. The Morgan fingerprint density at radius 3 is 2.87 bits per heavy atom. The van der Waals surface area contributed by atoms with Gasteiger partial charge in [-0.25, -0.2) is 8.42 Å². The molecule has 1 aromatic heterocycles. The van der Waals surface area contributed by atoms with Crippen LogP contribution < -0.4 is 4.72 Å². The quantitative estimate of drug-likeness (QED) is 0.797. The number of hydrogen-bond donors (Lipinski definition) is 1. The molecule has 0 radical (unpaired) electrons. The summed E-state index contributed by atoms with van der Waals surface area (Å²) >= 11 is 0. The van der Waals surface area contributed by atoms with Crippen LogP contribution in [0.5, 0.6) is 0 Å². The van der Waals surface area contributed by atoms with Crippen LogP contribution in [0.15, 0.2) is 6.20 Å². The van der Waals surface area contributed by atoms with E-state index in [1.165, 1.54) is 10.9 Å². The van der Waals surface area contributed by atoms with Gasteiger partial charge < -0.3 is 0 Å². The molecule has 0 saturated heterocycles. The van der Waals surface area contributed by atoms with Crippen LogP contribution in [0, 0.1) is 11.3 Å². The molecule has 0 atom stereocenters. The molecular weight excluding hydrogens is 216 g/mol. The molecule has 6 nitrogen and oxygen atoms in total. The number of nitrogens with one attached hydrogen (secondary N) is 1. The topological polar surface area (TPSA) is 87.8 Å². The van der Waals surface area contributed by atoms with Gasteiger partial charge in [-0.1, -0.05) is 0 Å². The van der Waals surface area contributed by atoms with E-state index in [-0.39, 0.29) is 16.6 Å². The fourth-order valence-electron chi connectivity index (χ4n) is 1.24. The zero-order chi connectivity index (χ0) is 11.1. The normalized spacial score (nSPS) is 16.0. The molecule has 0 unspecified atom stereocenters. The van der Waals surface area contributed by atoms with E-state index in [4.69, 9.17) is 5.26 Å². The molecule has 2 rings (SSSR count). The Labute approximate surface area is 87.6 Å². The van der Waals surface area contributed by atoms with Gasteiger partial charge in [-0.3, -0.25) is 9.40 Å². The molecule has 7 heteroatoms. The molecular formula is C8H10N4O2S. The van der Waals surface area contributed by atoms with Crippen LogP contribution in [0.25, 0.3) is 0 Å². The number of rotatable bonds is 3. The van der Waals surface area contributed by atoms with E-state index in [0.717, 1.165) is 0 Å². The van der Waals surface area contributed by atoms with Crippen LogP contribution in [0.3, 0.4) is 0 Å². The summed E-state index contributed by atoms with van der Waals surface area (Å²) in [5, 5.41) is 12.3. The van der Waals surface area contributed by atoms with E-state index < -0.39 is 10.0 Å². The van der Waals surface area contributed by atoms with E-state index in [2.05, 4.69) is 9.82 Å². The zero-order valence-corrected chi connectivity index (χ0v) is 8.95. The third kappa shape index (κ3) is 1.80. The monoisotopic (exact) mass is 226 g/mol. The molecule has 0 aromatic carbocycles. The van der Waals surface area contributed by atoms with Crippen LogP contribution in [-0.4, -0.2) is 23.4 Å². The highest BCUT2D eigenvalue weighted by atomic mass is 32.2. The van der Waals surface area contributed by atoms with Crippen LogP contribution in [-0.2, 0) is 17.1 Å². The fourth-order valence-corrected chi connectivity index (χ4v) is 2.67. The first-order chi connectivity index (χ1) is 7.04. The highest BCUT2D eigenvalue weighted by Gasteiger charge is 2.36. The molecule has 1 aliphatic rings. The van der Waals surface area contributed by atoms with Gasteiger partial charge in [-0.15, -0.1) is 0 Å². The third-order valence-corrected chi connectivity index (χ3v) is 4.09. The van der Waals surface area contributed by atoms with Gasteiger partial charge in [-0.2, -0.15) is 10.4 Å². The Morgan fingerprint density at radius 2 is 2.33 bits per heavy atom. The number of nitriles is 1. The van der Waals surface area contributed by atoms with Gasteiger partial charge >= 0.3 is 0 Å². The molecule has 1 saturated carbocycles. The molecule has 0 aliphatic heterocycles. The lowest BCUT2D eigenvalue weighted by Gasteiger charge is -2.06. The summed E-state index contributed by atoms with van der Waals surface area (Å²) in [4.78, 5) is 0. The summed E-state index contributed by atoms with van der Waals surface area (Å²) in [6.07, 6.45) is 2.72. The van der Waals surface area contributed by atoms with Crippen molar-refractivity contribution in [1.82, 2.24) is 9.78 Å². The van der Waals surface area contributed by atoms with Crippen molar-refractivity contribution in [2.24, 2.45) is 7.05 Å². The Hall–Kier alpha value is -1.55. The average Bonchev–Trinajstić information content (AvgIpc) is 2.96. The molecule has 1 fully saturated rings. The predicted molar refractivity (Wildman–Crippen MR) is 53.5 cm³/mol. The fraction of sp³-hybridized carbons (Fsp3) is 0.500. The third-order valence-electron chi connectivity index (χ3n) is 2.26. The van der Waals surface area contributed by atoms with Crippen molar-refractivity contribution in [2.45, 2.75) is 18.1 Å². The van der Waals surface area contributed by atoms with Gasteiger partial charge in [0.25, 0.3) is 0 Å². The van der Waals surface area contributed by atoms with Gasteiger partial charge in [-0.05, 0) is 12.8 Å². The lowest BCUT2D eigenvalue weighted by atomic mass is 10.4. The second-order valence-electron chi connectivity index (χ2n) is 3.49. The summed E-state index contributed by atoms with van der Waals surface area (Å²) in [5.74, 6) is 0.240. The van der Waals surface area contributed by atoms with E-state index in [1.54, 1.807) is 7.05 Å². The van der Waals surface area contributed by atoms with Crippen molar-refractivity contribution in [3.05, 3.63) is 11.8 Å². The van der Waals surface area contributed by atoms with E-state index in [0.29, 0.717) is 12.8 Å². The van der Waals surface area contributed by atoms with E-state index in [9.17, 15) is 8.42 Å².